The van der Waals surface area contributed by atoms with Gasteiger partial charge < -0.3 is 5.32 Å². The Morgan fingerprint density at radius 1 is 1.90 bits per heavy atom. The minimum Gasteiger partial charge on any atom is -0.350 e. The number of hydrogen-bond donors (Lipinski definition) is 1. The average Bonchev–Trinajstić information content (AvgIpc) is 2.40. The van der Waals surface area contributed by atoms with Gasteiger partial charge in [-0.25, -0.2) is 0 Å². The second-order valence-electron chi connectivity index (χ2n) is 1.64. The van der Waals surface area contributed by atoms with E-state index in [0.717, 1.165) is 16.7 Å². The first kappa shape index (κ1) is 7.94. The van der Waals surface area contributed by atoms with Crippen molar-refractivity contribution in [2.24, 2.45) is 4.99 Å². The molecule has 56 valence electrons. The minimum absolute atomic E-state index is 0.0341. The van der Waals surface area contributed by atoms with Crippen LogP contribution in [0.15, 0.2) is 4.99 Å². The molecule has 0 unspecified atom stereocenters. The van der Waals surface area contributed by atoms with Gasteiger partial charge in [0.2, 0.25) is 0 Å². The molecule has 0 aromatic carbocycles. The summed E-state index contributed by atoms with van der Waals surface area (Å²) in [5.74, 6) is 1.01. The van der Waals surface area contributed by atoms with Crippen molar-refractivity contribution in [1.82, 2.24) is 5.32 Å². The van der Waals surface area contributed by atoms with Crippen LogP contribution in [0.4, 0.5) is 4.79 Å². The van der Waals surface area contributed by atoms with Crippen molar-refractivity contribution in [3.63, 3.8) is 0 Å². The highest BCUT2D eigenvalue weighted by Gasteiger charge is 2.10. The van der Waals surface area contributed by atoms with Crippen LogP contribution in [0.1, 0.15) is 0 Å². The molecule has 1 N–H and O–H groups in total. The molecule has 3 nitrogen and oxygen atoms in total. The van der Waals surface area contributed by atoms with Gasteiger partial charge in [-0.15, -0.1) is 0 Å². The first-order chi connectivity index (χ1) is 4.83. The lowest BCUT2D eigenvalue weighted by atomic mass is 10.8. The molecule has 0 spiro atoms. The Labute approximate surface area is 68.0 Å². The Balaban J connectivity index is 2.30. The van der Waals surface area contributed by atoms with E-state index in [1.54, 1.807) is 18.8 Å². The summed E-state index contributed by atoms with van der Waals surface area (Å²) in [6.07, 6.45) is 0. The molecule has 0 saturated heterocycles. The highest BCUT2D eigenvalue weighted by molar-refractivity contribution is 8.45. The lowest BCUT2D eigenvalue weighted by molar-refractivity contribution is 0.262. The number of carbonyl (C=O) groups excluding carboxylic acids is 1. The monoisotopic (exact) mass is 176 g/mol. The molecule has 10 heavy (non-hydrogen) atoms. The van der Waals surface area contributed by atoms with Crippen LogP contribution in [0.2, 0.25) is 0 Å². The highest BCUT2D eigenvalue weighted by atomic mass is 32.2. The maximum absolute atomic E-state index is 10.7. The third kappa shape index (κ3) is 2.22. The summed E-state index contributed by atoms with van der Waals surface area (Å²) in [5, 5.41) is 2.49. The molecule has 0 saturated carbocycles. The molecular formula is C5H8N2OS2. The smallest absolute Gasteiger partial charge is 0.285 e. The van der Waals surface area contributed by atoms with Gasteiger partial charge >= 0.3 is 0 Å². The van der Waals surface area contributed by atoms with E-state index >= 15 is 0 Å². The van der Waals surface area contributed by atoms with E-state index in [4.69, 9.17) is 0 Å². The summed E-state index contributed by atoms with van der Waals surface area (Å²) < 4.78 is 0.888. The molecule has 1 rings (SSSR count). The summed E-state index contributed by atoms with van der Waals surface area (Å²) in [7, 11) is 1.62. The van der Waals surface area contributed by atoms with E-state index in [1.165, 1.54) is 11.8 Å². The molecule has 1 amide bonds. The van der Waals surface area contributed by atoms with Gasteiger partial charge in [0.25, 0.3) is 5.24 Å². The predicted octanol–water partition coefficient (Wildman–Crippen LogP) is 1.16. The van der Waals surface area contributed by atoms with Crippen LogP contribution in [0.5, 0.6) is 0 Å². The zero-order chi connectivity index (χ0) is 7.40. The van der Waals surface area contributed by atoms with E-state index in [-0.39, 0.29) is 5.24 Å². The number of nitrogens with one attached hydrogen (secondary N) is 1. The van der Waals surface area contributed by atoms with Crippen LogP contribution in [-0.2, 0) is 0 Å². The zero-order valence-electron chi connectivity index (χ0n) is 5.59. The number of nitrogens with zero attached hydrogens (tertiary/aromatic N) is 1. The lowest BCUT2D eigenvalue weighted by Gasteiger charge is -1.95. The van der Waals surface area contributed by atoms with Gasteiger partial charge in [0, 0.05) is 12.8 Å². The Kier molecular flexibility index (Phi) is 3.08. The number of amides is 1. The normalized spacial score (nSPS) is 16.7. The lowest BCUT2D eigenvalue weighted by Crippen LogP contribution is -2.12. The van der Waals surface area contributed by atoms with E-state index in [1.807, 2.05) is 0 Å². The molecule has 0 bridgehead atoms. The quantitative estimate of drug-likeness (QED) is 0.602. The van der Waals surface area contributed by atoms with Crippen LogP contribution in [0.25, 0.3) is 0 Å². The van der Waals surface area contributed by atoms with Crippen LogP contribution >= 0.6 is 23.5 Å². The van der Waals surface area contributed by atoms with Gasteiger partial charge in [-0.05, 0) is 11.8 Å². The molecule has 1 aliphatic rings. The van der Waals surface area contributed by atoms with E-state index < -0.39 is 0 Å². The molecule has 0 atom stereocenters. The first-order valence-corrected chi connectivity index (χ1v) is 4.70. The van der Waals surface area contributed by atoms with E-state index in [0.29, 0.717) is 0 Å². The van der Waals surface area contributed by atoms with Crippen molar-refractivity contribution in [1.29, 1.82) is 0 Å². The van der Waals surface area contributed by atoms with Crippen molar-refractivity contribution in [3.05, 3.63) is 0 Å². The number of thioether (sulfide) groups is 2. The summed E-state index contributed by atoms with van der Waals surface area (Å²) in [6, 6.07) is 0. The van der Waals surface area contributed by atoms with Crippen LogP contribution in [-0.4, -0.2) is 29.0 Å². The maximum atomic E-state index is 10.7. The first-order valence-electron chi connectivity index (χ1n) is 2.90. The maximum Gasteiger partial charge on any atom is 0.285 e. The van der Waals surface area contributed by atoms with E-state index in [2.05, 4.69) is 10.3 Å². The van der Waals surface area contributed by atoms with E-state index in [9.17, 15) is 4.79 Å². The topological polar surface area (TPSA) is 41.5 Å². The van der Waals surface area contributed by atoms with Crippen molar-refractivity contribution >= 4 is 33.1 Å². The SMILES string of the molecule is CNC(=O)SC1=NCCS1. The molecular weight excluding hydrogens is 168 g/mol. The number of carbonyl (C=O) groups is 1. The zero-order valence-corrected chi connectivity index (χ0v) is 7.22. The van der Waals surface area contributed by atoms with Gasteiger partial charge in [0.05, 0.1) is 6.54 Å². The summed E-state index contributed by atoms with van der Waals surface area (Å²) in [6.45, 7) is 0.851. The Hall–Kier alpha value is -0.160. The molecule has 0 radical (unpaired) electrons. The molecule has 1 aliphatic heterocycles. The average molecular weight is 176 g/mol. The third-order valence-electron chi connectivity index (χ3n) is 0.942. The van der Waals surface area contributed by atoms with Crippen molar-refractivity contribution < 1.29 is 4.79 Å². The van der Waals surface area contributed by atoms with Crippen molar-refractivity contribution in [2.75, 3.05) is 19.3 Å². The van der Waals surface area contributed by atoms with Gasteiger partial charge in [0.1, 0.15) is 4.38 Å². The number of hydrogen-bond acceptors (Lipinski definition) is 4. The Morgan fingerprint density at radius 3 is 3.20 bits per heavy atom. The van der Waals surface area contributed by atoms with Crippen LogP contribution in [0.3, 0.4) is 0 Å². The van der Waals surface area contributed by atoms with Gasteiger partial charge in [-0.2, -0.15) is 0 Å². The number of rotatable bonds is 0. The second kappa shape index (κ2) is 3.88. The molecule has 1 heterocycles. The van der Waals surface area contributed by atoms with Gasteiger partial charge in [-0.1, -0.05) is 11.8 Å². The third-order valence-corrected chi connectivity index (χ3v) is 3.00. The largest absolute Gasteiger partial charge is 0.350 e. The number of aliphatic imine (C=N–C) groups is 1. The van der Waals surface area contributed by atoms with Crippen molar-refractivity contribution in [3.8, 4) is 0 Å². The highest BCUT2D eigenvalue weighted by Crippen LogP contribution is 2.21. The van der Waals surface area contributed by atoms with Gasteiger partial charge in [-0.3, -0.25) is 9.79 Å². The fourth-order valence-corrected chi connectivity index (χ4v) is 2.18. The molecule has 0 fully saturated rings. The fourth-order valence-electron chi connectivity index (χ4n) is 0.508. The van der Waals surface area contributed by atoms with Crippen LogP contribution < -0.4 is 5.32 Å². The molecule has 0 aromatic heterocycles. The van der Waals surface area contributed by atoms with Crippen molar-refractivity contribution in [2.45, 2.75) is 0 Å². The molecule has 0 aliphatic carbocycles. The fraction of sp³-hybridized carbons (Fsp3) is 0.600. The van der Waals surface area contributed by atoms with Gasteiger partial charge in [0.15, 0.2) is 0 Å². The standard InChI is InChI=1S/C5H8N2OS2/c1-6-4(8)10-5-7-2-3-9-5/h2-3H2,1H3,(H,6,8). The predicted molar refractivity (Wildman–Crippen MR) is 46.8 cm³/mol. The summed E-state index contributed by atoms with van der Waals surface area (Å²) in [4.78, 5) is 14.8. The molecule has 5 heteroatoms. The Morgan fingerprint density at radius 2 is 2.70 bits per heavy atom. The minimum atomic E-state index is -0.0341. The summed E-state index contributed by atoms with van der Waals surface area (Å²) in [5.41, 5.74) is 0. The molecule has 0 aromatic rings. The summed E-state index contributed by atoms with van der Waals surface area (Å²) >= 11 is 2.81. The Bertz CT molecular complexity index is 169. The van der Waals surface area contributed by atoms with Crippen LogP contribution in [0, 0.1) is 0 Å². The second-order valence-corrected chi connectivity index (χ2v) is 3.94.